The lowest BCUT2D eigenvalue weighted by atomic mass is 10.00. The van der Waals surface area contributed by atoms with Crippen LogP contribution in [0.3, 0.4) is 0 Å². The molecule has 0 radical (unpaired) electrons. The number of carbonyl (C=O) groups is 2. The van der Waals surface area contributed by atoms with Crippen molar-refractivity contribution in [1.82, 2.24) is 30.1 Å². The van der Waals surface area contributed by atoms with Crippen molar-refractivity contribution in [3.05, 3.63) is 35.7 Å². The summed E-state index contributed by atoms with van der Waals surface area (Å²) in [5.41, 5.74) is 1.19. The second-order valence-electron chi connectivity index (χ2n) is 9.81. The van der Waals surface area contributed by atoms with Crippen LogP contribution in [0.2, 0.25) is 0 Å². The topological polar surface area (TPSA) is 111 Å². The first-order chi connectivity index (χ1) is 16.7. The zero-order chi connectivity index (χ0) is 25.0. The minimum Gasteiger partial charge on any atom is -0.497 e. The van der Waals surface area contributed by atoms with Crippen LogP contribution in [0.4, 0.5) is 4.79 Å². The summed E-state index contributed by atoms with van der Waals surface area (Å²) in [4.78, 5) is 28.9. The van der Waals surface area contributed by atoms with E-state index in [1.54, 1.807) is 22.9 Å². The largest absolute Gasteiger partial charge is 0.497 e. The lowest BCUT2D eigenvalue weighted by molar-refractivity contribution is -0.122. The van der Waals surface area contributed by atoms with E-state index in [1.807, 2.05) is 39.0 Å². The van der Waals surface area contributed by atoms with Crippen molar-refractivity contribution >= 4 is 12.0 Å². The lowest BCUT2D eigenvalue weighted by Gasteiger charge is -2.35. The Morgan fingerprint density at radius 3 is 2.69 bits per heavy atom. The van der Waals surface area contributed by atoms with Gasteiger partial charge in [0.05, 0.1) is 31.6 Å². The lowest BCUT2D eigenvalue weighted by Crippen LogP contribution is -2.49. The Labute approximate surface area is 205 Å². The summed E-state index contributed by atoms with van der Waals surface area (Å²) in [5.74, 6) is 1.34. The highest BCUT2D eigenvalue weighted by molar-refractivity contribution is 5.76. The normalized spacial score (nSPS) is 18.4. The van der Waals surface area contributed by atoms with Gasteiger partial charge >= 0.3 is 6.09 Å². The third-order valence-corrected chi connectivity index (χ3v) is 5.89. The molecule has 3 heterocycles. The van der Waals surface area contributed by atoms with Crippen LogP contribution in [0.1, 0.15) is 44.5 Å². The fraction of sp³-hybridized carbons (Fsp3) is 0.583. The summed E-state index contributed by atoms with van der Waals surface area (Å²) >= 11 is 0. The molecule has 1 atom stereocenters. The zero-order valence-corrected chi connectivity index (χ0v) is 20.8. The fourth-order valence-electron chi connectivity index (χ4n) is 4.17. The molecule has 2 aliphatic heterocycles. The first-order valence-corrected chi connectivity index (χ1v) is 11.9. The van der Waals surface area contributed by atoms with Gasteiger partial charge in [-0.05, 0) is 39.0 Å². The number of nitrogens with zero attached hydrogens (tertiary/aromatic N) is 5. The van der Waals surface area contributed by atoms with E-state index in [0.717, 1.165) is 35.8 Å². The third kappa shape index (κ3) is 6.62. The van der Waals surface area contributed by atoms with Crippen LogP contribution in [-0.4, -0.2) is 82.3 Å². The molecule has 35 heavy (non-hydrogen) atoms. The highest BCUT2D eigenvalue weighted by atomic mass is 16.6. The monoisotopic (exact) mass is 486 g/mol. The molecule has 1 saturated heterocycles. The molecule has 0 spiro atoms. The van der Waals surface area contributed by atoms with Crippen molar-refractivity contribution in [2.24, 2.45) is 0 Å². The first-order valence-electron chi connectivity index (χ1n) is 11.9. The van der Waals surface area contributed by atoms with Gasteiger partial charge in [-0.3, -0.25) is 9.69 Å². The van der Waals surface area contributed by atoms with Gasteiger partial charge in [0, 0.05) is 44.7 Å². The molecule has 2 aromatic rings. The van der Waals surface area contributed by atoms with Crippen LogP contribution in [0.25, 0.3) is 0 Å². The minimum absolute atomic E-state index is 0.0794. The van der Waals surface area contributed by atoms with E-state index >= 15 is 0 Å². The molecule has 4 rings (SSSR count). The number of hydrogen-bond acceptors (Lipinski definition) is 8. The Hall–Kier alpha value is -3.34. The van der Waals surface area contributed by atoms with Crippen LogP contribution in [0.15, 0.2) is 24.4 Å². The van der Waals surface area contributed by atoms with Gasteiger partial charge in [0.1, 0.15) is 23.6 Å². The van der Waals surface area contributed by atoms with Gasteiger partial charge in [-0.25, -0.2) is 9.48 Å². The van der Waals surface area contributed by atoms with E-state index in [-0.39, 0.29) is 24.6 Å². The van der Waals surface area contributed by atoms with Crippen LogP contribution in [0, 0.1) is 0 Å². The van der Waals surface area contributed by atoms with E-state index in [0.29, 0.717) is 32.7 Å². The molecule has 11 heteroatoms. The zero-order valence-electron chi connectivity index (χ0n) is 20.8. The number of methoxy groups -OCH3 is 1. The average Bonchev–Trinajstić information content (AvgIpc) is 3.24. The van der Waals surface area contributed by atoms with E-state index in [9.17, 15) is 9.59 Å². The molecular formula is C24H34N6O5. The Morgan fingerprint density at radius 1 is 1.20 bits per heavy atom. The van der Waals surface area contributed by atoms with E-state index in [4.69, 9.17) is 14.2 Å². The molecule has 1 fully saturated rings. The Morgan fingerprint density at radius 2 is 1.97 bits per heavy atom. The molecule has 190 valence electrons. The van der Waals surface area contributed by atoms with E-state index in [1.165, 1.54) is 0 Å². The molecule has 1 aromatic carbocycles. The molecule has 2 amide bonds. The van der Waals surface area contributed by atoms with Crippen molar-refractivity contribution in [2.75, 3.05) is 39.9 Å². The SMILES string of the molecule is COc1ccc2c(c1)C(NC(=O)Cn1cc(CN3CCN(C(=O)OC(C)(C)C)CC3)nn1)CCO2. The van der Waals surface area contributed by atoms with Crippen LogP contribution < -0.4 is 14.8 Å². The smallest absolute Gasteiger partial charge is 0.410 e. The van der Waals surface area contributed by atoms with Crippen molar-refractivity contribution in [1.29, 1.82) is 0 Å². The maximum atomic E-state index is 12.7. The summed E-state index contributed by atoms with van der Waals surface area (Å²) in [5, 5.41) is 11.4. The average molecular weight is 487 g/mol. The first kappa shape index (κ1) is 24.8. The number of piperazine rings is 1. The number of fused-ring (bicyclic) bond motifs is 1. The standard InChI is InChI=1S/C24H34N6O5/c1-24(2,3)35-23(32)29-10-8-28(9-11-29)14-17-15-30(27-26-17)16-22(31)25-20-7-12-34-21-6-5-18(33-4)13-19(20)21/h5-6,13,15,20H,7-12,14,16H2,1-4H3,(H,25,31). The number of aromatic nitrogens is 3. The van der Waals surface area contributed by atoms with Crippen molar-refractivity contribution in [3.63, 3.8) is 0 Å². The number of rotatable bonds is 6. The van der Waals surface area contributed by atoms with Gasteiger partial charge < -0.3 is 24.4 Å². The minimum atomic E-state index is -0.500. The number of amides is 2. The van der Waals surface area contributed by atoms with Crippen molar-refractivity contribution in [2.45, 2.75) is 51.9 Å². The molecule has 0 bridgehead atoms. The second kappa shape index (κ2) is 10.5. The highest BCUT2D eigenvalue weighted by Crippen LogP contribution is 2.34. The van der Waals surface area contributed by atoms with Gasteiger partial charge in [0.15, 0.2) is 0 Å². The summed E-state index contributed by atoms with van der Waals surface area (Å²) in [6, 6.07) is 5.46. The molecule has 1 aromatic heterocycles. The molecule has 0 saturated carbocycles. The molecule has 11 nitrogen and oxygen atoms in total. The maximum Gasteiger partial charge on any atom is 0.410 e. The van der Waals surface area contributed by atoms with Crippen molar-refractivity contribution < 1.29 is 23.8 Å². The van der Waals surface area contributed by atoms with Gasteiger partial charge in [0.25, 0.3) is 0 Å². The summed E-state index contributed by atoms with van der Waals surface area (Å²) < 4.78 is 18.0. The predicted octanol–water partition coefficient (Wildman–Crippen LogP) is 1.98. The van der Waals surface area contributed by atoms with Crippen LogP contribution in [-0.2, 0) is 22.6 Å². The molecule has 1 unspecified atom stereocenters. The third-order valence-electron chi connectivity index (χ3n) is 5.89. The maximum absolute atomic E-state index is 12.7. The Balaban J connectivity index is 1.26. The van der Waals surface area contributed by atoms with Crippen LogP contribution >= 0.6 is 0 Å². The molecule has 0 aliphatic carbocycles. The summed E-state index contributed by atoms with van der Waals surface area (Å²) in [6.07, 6.45) is 2.20. The quantitative estimate of drug-likeness (QED) is 0.660. The number of benzene rings is 1. The number of nitrogens with one attached hydrogen (secondary N) is 1. The molecular weight excluding hydrogens is 452 g/mol. The van der Waals surface area contributed by atoms with Crippen molar-refractivity contribution in [3.8, 4) is 11.5 Å². The second-order valence-corrected chi connectivity index (χ2v) is 9.81. The van der Waals surface area contributed by atoms with E-state index < -0.39 is 5.60 Å². The molecule has 2 aliphatic rings. The summed E-state index contributed by atoms with van der Waals surface area (Å²) in [7, 11) is 1.61. The molecule has 1 N–H and O–H groups in total. The fourth-order valence-corrected chi connectivity index (χ4v) is 4.17. The van der Waals surface area contributed by atoms with E-state index in [2.05, 4.69) is 20.5 Å². The van der Waals surface area contributed by atoms with Gasteiger partial charge in [-0.2, -0.15) is 0 Å². The summed E-state index contributed by atoms with van der Waals surface area (Å²) in [6.45, 7) is 9.47. The number of hydrogen-bond donors (Lipinski definition) is 1. The van der Waals surface area contributed by atoms with Gasteiger partial charge in [-0.15, -0.1) is 5.10 Å². The predicted molar refractivity (Wildman–Crippen MR) is 127 cm³/mol. The van der Waals surface area contributed by atoms with Gasteiger partial charge in [0.2, 0.25) is 5.91 Å². The Bertz CT molecular complexity index is 1040. The highest BCUT2D eigenvalue weighted by Gasteiger charge is 2.27. The number of carbonyl (C=O) groups excluding carboxylic acids is 2. The van der Waals surface area contributed by atoms with Crippen LogP contribution in [0.5, 0.6) is 11.5 Å². The van der Waals surface area contributed by atoms with Gasteiger partial charge in [-0.1, -0.05) is 5.21 Å². The Kier molecular flexibility index (Phi) is 7.44. The number of ether oxygens (including phenoxy) is 3.